The van der Waals surface area contributed by atoms with E-state index in [1.54, 1.807) is 6.92 Å². The lowest BCUT2D eigenvalue weighted by Gasteiger charge is -2.57. The largest absolute Gasteiger partial charge is 0.350 e. The molecule has 4 fully saturated rings. The van der Waals surface area contributed by atoms with Crippen LogP contribution in [0.25, 0.3) is 0 Å². The Balaban J connectivity index is 1.39. The Morgan fingerprint density at radius 3 is 1.95 bits per heavy atom. The number of carbonyl (C=O) groups is 2. The lowest BCUT2D eigenvalue weighted by molar-refractivity contribution is -0.140. The molecule has 0 spiro atoms. The predicted molar refractivity (Wildman–Crippen MR) is 171 cm³/mol. The molecule has 6 rings (SSSR count). The molecule has 4 aliphatic carbocycles. The van der Waals surface area contributed by atoms with Crippen molar-refractivity contribution in [2.24, 2.45) is 17.8 Å². The van der Waals surface area contributed by atoms with Crippen LogP contribution in [0.2, 0.25) is 0 Å². The van der Waals surface area contributed by atoms with Gasteiger partial charge < -0.3 is 10.2 Å². The highest BCUT2D eigenvalue weighted by molar-refractivity contribution is 9.10. The van der Waals surface area contributed by atoms with E-state index in [9.17, 15) is 18.0 Å². The van der Waals surface area contributed by atoms with E-state index in [1.165, 1.54) is 53.3 Å². The summed E-state index contributed by atoms with van der Waals surface area (Å²) in [6.07, 6.45) is 8.91. The van der Waals surface area contributed by atoms with Gasteiger partial charge in [-0.2, -0.15) is 0 Å². The quantitative estimate of drug-likeness (QED) is 0.358. The van der Waals surface area contributed by atoms with Crippen LogP contribution in [0, 0.1) is 17.8 Å². The van der Waals surface area contributed by atoms with Crippen molar-refractivity contribution in [1.82, 2.24) is 10.2 Å². The lowest BCUT2D eigenvalue weighted by atomic mass is 9.48. The standard InChI is InChI=1S/C33H44BrN3O4S/c1-22(31(39)35-32(2,3)4)36(20-23-6-10-28(34)11-7-23)30(38)21-37(42(5,40)41)29-12-8-27(9-13-29)33-17-24-14-25(18-33)16-26(15-24)19-33/h6-13,22,24-26H,14-21H2,1-5H3,(H,35,39)/t22-,24?,25?,26?,33?/m1/s1. The van der Waals surface area contributed by atoms with Crippen molar-refractivity contribution in [3.05, 3.63) is 64.1 Å². The number of halogens is 1. The van der Waals surface area contributed by atoms with Crippen molar-refractivity contribution in [2.75, 3.05) is 17.1 Å². The van der Waals surface area contributed by atoms with E-state index in [0.717, 1.165) is 34.0 Å². The van der Waals surface area contributed by atoms with Crippen molar-refractivity contribution in [3.8, 4) is 0 Å². The summed E-state index contributed by atoms with van der Waals surface area (Å²) < 4.78 is 28.2. The fourth-order valence-electron chi connectivity index (χ4n) is 7.90. The van der Waals surface area contributed by atoms with Crippen LogP contribution < -0.4 is 9.62 Å². The summed E-state index contributed by atoms with van der Waals surface area (Å²) in [5.41, 5.74) is 2.34. The summed E-state index contributed by atoms with van der Waals surface area (Å²) in [6, 6.07) is 14.6. The van der Waals surface area contributed by atoms with E-state index in [4.69, 9.17) is 0 Å². The number of nitrogens with zero attached hydrogens (tertiary/aromatic N) is 2. The summed E-state index contributed by atoms with van der Waals surface area (Å²) in [7, 11) is -3.78. The van der Waals surface area contributed by atoms with Gasteiger partial charge in [0.25, 0.3) is 0 Å². The van der Waals surface area contributed by atoms with E-state index < -0.39 is 27.5 Å². The molecule has 1 atom stereocenters. The van der Waals surface area contributed by atoms with Crippen LogP contribution in [0.1, 0.15) is 77.3 Å². The lowest BCUT2D eigenvalue weighted by Crippen LogP contribution is -2.54. The second-order valence-electron chi connectivity index (χ2n) is 14.1. The van der Waals surface area contributed by atoms with Crippen LogP contribution >= 0.6 is 15.9 Å². The maximum Gasteiger partial charge on any atom is 0.244 e. The van der Waals surface area contributed by atoms with Crippen molar-refractivity contribution in [3.63, 3.8) is 0 Å². The first-order valence-corrected chi connectivity index (χ1v) is 17.7. The number of sulfonamides is 1. The maximum absolute atomic E-state index is 13.9. The zero-order valence-corrected chi connectivity index (χ0v) is 27.8. The van der Waals surface area contributed by atoms with Gasteiger partial charge in [0.1, 0.15) is 12.6 Å². The normalized spacial score (nSPS) is 25.6. The van der Waals surface area contributed by atoms with E-state index in [-0.39, 0.29) is 24.4 Å². The first kappa shape index (κ1) is 31.0. The van der Waals surface area contributed by atoms with Crippen LogP contribution in [-0.2, 0) is 31.6 Å². The number of amides is 2. The molecule has 4 aliphatic rings. The summed E-state index contributed by atoms with van der Waals surface area (Å²) in [5.74, 6) is 1.71. The molecule has 7 nitrogen and oxygen atoms in total. The fourth-order valence-corrected chi connectivity index (χ4v) is 9.02. The van der Waals surface area contributed by atoms with E-state index in [2.05, 4.69) is 33.4 Å². The number of rotatable bonds is 9. The molecule has 2 aromatic rings. The number of anilines is 1. The van der Waals surface area contributed by atoms with Crippen LogP contribution in [0.5, 0.6) is 0 Å². The number of hydrogen-bond acceptors (Lipinski definition) is 4. The smallest absolute Gasteiger partial charge is 0.244 e. The van der Waals surface area contributed by atoms with Crippen molar-refractivity contribution in [1.29, 1.82) is 0 Å². The van der Waals surface area contributed by atoms with Crippen LogP contribution in [0.3, 0.4) is 0 Å². The fraction of sp³-hybridized carbons (Fsp3) is 0.576. The van der Waals surface area contributed by atoms with Gasteiger partial charge in [-0.3, -0.25) is 13.9 Å². The Kier molecular flexibility index (Phi) is 8.58. The second-order valence-corrected chi connectivity index (χ2v) is 16.9. The zero-order chi connectivity index (χ0) is 30.4. The van der Waals surface area contributed by atoms with E-state index in [0.29, 0.717) is 5.69 Å². The third-order valence-electron chi connectivity index (χ3n) is 9.42. The van der Waals surface area contributed by atoms with Gasteiger partial charge in [0, 0.05) is 16.6 Å². The van der Waals surface area contributed by atoms with Crippen molar-refractivity contribution >= 4 is 43.5 Å². The number of nitrogens with one attached hydrogen (secondary N) is 1. The van der Waals surface area contributed by atoms with Gasteiger partial charge in [-0.05, 0) is 125 Å². The van der Waals surface area contributed by atoms with Gasteiger partial charge in [-0.15, -0.1) is 0 Å². The van der Waals surface area contributed by atoms with Gasteiger partial charge in [-0.25, -0.2) is 8.42 Å². The molecule has 42 heavy (non-hydrogen) atoms. The molecule has 0 unspecified atom stereocenters. The van der Waals surface area contributed by atoms with Crippen LogP contribution in [0.4, 0.5) is 5.69 Å². The summed E-state index contributed by atoms with van der Waals surface area (Å²) in [5, 5.41) is 2.95. The summed E-state index contributed by atoms with van der Waals surface area (Å²) in [6.45, 7) is 7.13. The first-order valence-electron chi connectivity index (χ1n) is 15.1. The minimum atomic E-state index is -3.78. The van der Waals surface area contributed by atoms with Gasteiger partial charge in [-0.1, -0.05) is 40.2 Å². The van der Waals surface area contributed by atoms with Crippen molar-refractivity contribution < 1.29 is 18.0 Å². The molecule has 4 bridgehead atoms. The SMILES string of the molecule is C[C@H](C(=O)NC(C)(C)C)N(Cc1ccc(Br)cc1)C(=O)CN(c1ccc(C23CC4CC(CC(C4)C2)C3)cc1)S(C)(=O)=O. The van der Waals surface area contributed by atoms with Crippen LogP contribution in [-0.4, -0.2) is 49.5 Å². The van der Waals surface area contributed by atoms with Crippen molar-refractivity contribution in [2.45, 2.75) is 89.8 Å². The minimum Gasteiger partial charge on any atom is -0.350 e. The highest BCUT2D eigenvalue weighted by atomic mass is 79.9. The number of hydrogen-bond donors (Lipinski definition) is 1. The van der Waals surface area contributed by atoms with Gasteiger partial charge in [0.05, 0.1) is 11.9 Å². The average Bonchev–Trinajstić information content (AvgIpc) is 2.88. The van der Waals surface area contributed by atoms with Gasteiger partial charge >= 0.3 is 0 Å². The molecule has 0 radical (unpaired) electrons. The Morgan fingerprint density at radius 1 is 0.952 bits per heavy atom. The predicted octanol–water partition coefficient (Wildman–Crippen LogP) is 6.01. The molecule has 2 amide bonds. The molecule has 0 aliphatic heterocycles. The van der Waals surface area contributed by atoms with Crippen LogP contribution in [0.15, 0.2) is 53.0 Å². The molecular weight excluding hydrogens is 614 g/mol. The molecule has 0 aromatic heterocycles. The average molecular weight is 659 g/mol. The highest BCUT2D eigenvalue weighted by Crippen LogP contribution is 2.60. The molecule has 228 valence electrons. The maximum atomic E-state index is 13.9. The Morgan fingerprint density at radius 2 is 1.48 bits per heavy atom. The molecule has 0 saturated heterocycles. The summed E-state index contributed by atoms with van der Waals surface area (Å²) in [4.78, 5) is 28.5. The number of carbonyl (C=O) groups excluding carboxylic acids is 2. The topological polar surface area (TPSA) is 86.8 Å². The summed E-state index contributed by atoms with van der Waals surface area (Å²) >= 11 is 3.44. The number of benzene rings is 2. The molecule has 0 heterocycles. The molecule has 4 saturated carbocycles. The molecule has 9 heteroatoms. The molecule has 1 N–H and O–H groups in total. The highest BCUT2D eigenvalue weighted by Gasteiger charge is 2.51. The Labute approximate surface area is 259 Å². The third-order valence-corrected chi connectivity index (χ3v) is 11.1. The van der Waals surface area contributed by atoms with E-state index in [1.807, 2.05) is 57.2 Å². The molecule has 2 aromatic carbocycles. The minimum absolute atomic E-state index is 0.174. The first-order chi connectivity index (χ1) is 19.6. The molecular formula is C33H44BrN3O4S. The Bertz CT molecular complexity index is 1380. The van der Waals surface area contributed by atoms with Gasteiger partial charge in [0.2, 0.25) is 21.8 Å². The third kappa shape index (κ3) is 6.88. The van der Waals surface area contributed by atoms with E-state index >= 15 is 0 Å². The zero-order valence-electron chi connectivity index (χ0n) is 25.4. The monoisotopic (exact) mass is 657 g/mol. The van der Waals surface area contributed by atoms with Gasteiger partial charge in [0.15, 0.2) is 0 Å². The second kappa shape index (κ2) is 11.6. The Hall–Kier alpha value is -2.39.